The van der Waals surface area contributed by atoms with Crippen LogP contribution < -0.4 is 10.1 Å². The molecule has 0 saturated carbocycles. The van der Waals surface area contributed by atoms with Gasteiger partial charge in [-0.3, -0.25) is 9.88 Å². The summed E-state index contributed by atoms with van der Waals surface area (Å²) in [5, 5.41) is 2.93. The van der Waals surface area contributed by atoms with Gasteiger partial charge in [-0.2, -0.15) is 0 Å². The highest BCUT2D eigenvalue weighted by Crippen LogP contribution is 2.20. The van der Waals surface area contributed by atoms with E-state index in [1.165, 1.54) is 0 Å². The zero-order chi connectivity index (χ0) is 20.6. The average molecular weight is 398 g/mol. The number of carbonyl (C=O) groups excluding carboxylic acids is 1. The third-order valence-electron chi connectivity index (χ3n) is 5.45. The Hall–Kier alpha value is -2.64. The molecule has 1 aromatic carbocycles. The lowest BCUT2D eigenvalue weighted by molar-refractivity contribution is 0.134. The molecule has 0 unspecified atom stereocenters. The molecule has 1 aliphatic heterocycles. The van der Waals surface area contributed by atoms with Crippen molar-refractivity contribution >= 4 is 11.7 Å². The van der Waals surface area contributed by atoms with E-state index in [0.717, 1.165) is 49.7 Å². The molecule has 1 atom stereocenters. The number of benzene rings is 1. The summed E-state index contributed by atoms with van der Waals surface area (Å²) >= 11 is 0. The first-order valence-corrected chi connectivity index (χ1v) is 10.1. The molecule has 2 amide bonds. The zero-order valence-corrected chi connectivity index (χ0v) is 17.5. The lowest BCUT2D eigenvalue weighted by atomic mass is 10.1. The summed E-state index contributed by atoms with van der Waals surface area (Å²) in [5.41, 5.74) is 1.74. The number of carbonyl (C=O) groups is 1. The Balaban J connectivity index is 1.44. The summed E-state index contributed by atoms with van der Waals surface area (Å²) in [6.45, 7) is 7.99. The molecule has 1 N–H and O–H groups in total. The smallest absolute Gasteiger partial charge is 0.322 e. The Kier molecular flexibility index (Phi) is 7.43. The average Bonchev–Trinajstić information content (AvgIpc) is 2.76. The largest absolute Gasteiger partial charge is 0.492 e. The van der Waals surface area contributed by atoms with Crippen molar-refractivity contribution in [3.05, 3.63) is 54.4 Å². The molecule has 3 rings (SSSR count). The lowest BCUT2D eigenvalue weighted by Crippen LogP contribution is -2.45. The van der Waals surface area contributed by atoms with Gasteiger partial charge in [0.1, 0.15) is 12.4 Å². The number of likely N-dealkylation sites (N-methyl/N-ethyl adjacent to an activating group) is 1. The predicted molar refractivity (Wildman–Crippen MR) is 115 cm³/mol. The number of hydrogen-bond acceptors (Lipinski definition) is 5. The van der Waals surface area contributed by atoms with Crippen molar-refractivity contribution in [2.24, 2.45) is 0 Å². The van der Waals surface area contributed by atoms with Gasteiger partial charge in [-0.15, -0.1) is 0 Å². The van der Waals surface area contributed by atoms with Crippen LogP contribution in [0.25, 0.3) is 0 Å². The van der Waals surface area contributed by atoms with Crippen molar-refractivity contribution in [2.45, 2.75) is 13.0 Å². The summed E-state index contributed by atoms with van der Waals surface area (Å²) in [5.74, 6) is 0.814. The first kappa shape index (κ1) is 21.1. The fourth-order valence-electron chi connectivity index (χ4n) is 3.23. The number of anilines is 1. The SMILES string of the molecule is C[C@@H](c1cccnc1)N(C)C(=O)Nc1ccc(OCCN2CCN(C)CC2)cc1. The number of pyridine rings is 1. The van der Waals surface area contributed by atoms with E-state index < -0.39 is 0 Å². The van der Waals surface area contributed by atoms with Crippen LogP contribution in [0.1, 0.15) is 18.5 Å². The number of aromatic nitrogens is 1. The normalized spacial score (nSPS) is 16.2. The van der Waals surface area contributed by atoms with E-state index in [0.29, 0.717) is 6.61 Å². The van der Waals surface area contributed by atoms with Crippen LogP contribution >= 0.6 is 0 Å². The Morgan fingerprint density at radius 3 is 2.59 bits per heavy atom. The Bertz CT molecular complexity index is 761. The molecule has 0 aliphatic carbocycles. The van der Waals surface area contributed by atoms with Gasteiger partial charge in [-0.05, 0) is 49.9 Å². The summed E-state index contributed by atoms with van der Waals surface area (Å²) in [7, 11) is 3.94. The minimum absolute atomic E-state index is 0.0686. The van der Waals surface area contributed by atoms with E-state index in [1.807, 2.05) is 43.3 Å². The Labute approximate surface area is 173 Å². The van der Waals surface area contributed by atoms with Gasteiger partial charge in [0.05, 0.1) is 6.04 Å². The van der Waals surface area contributed by atoms with Crippen molar-refractivity contribution in [2.75, 3.05) is 58.7 Å². The molecular formula is C22H31N5O2. The van der Waals surface area contributed by atoms with E-state index >= 15 is 0 Å². The number of ether oxygens (including phenoxy) is 1. The quantitative estimate of drug-likeness (QED) is 0.778. The predicted octanol–water partition coefficient (Wildman–Crippen LogP) is 2.93. The second-order valence-electron chi connectivity index (χ2n) is 7.52. The fourth-order valence-corrected chi connectivity index (χ4v) is 3.23. The molecule has 1 saturated heterocycles. The van der Waals surface area contributed by atoms with Gasteiger partial charge in [-0.1, -0.05) is 6.07 Å². The van der Waals surface area contributed by atoms with Gasteiger partial charge in [-0.25, -0.2) is 4.79 Å². The first-order valence-electron chi connectivity index (χ1n) is 10.1. The number of nitrogens with zero attached hydrogens (tertiary/aromatic N) is 4. The highest BCUT2D eigenvalue weighted by Gasteiger charge is 2.17. The maximum atomic E-state index is 12.5. The minimum Gasteiger partial charge on any atom is -0.492 e. The third kappa shape index (κ3) is 6.17. The first-order chi connectivity index (χ1) is 14.0. The molecule has 0 radical (unpaired) electrons. The lowest BCUT2D eigenvalue weighted by Gasteiger charge is -2.32. The van der Waals surface area contributed by atoms with E-state index in [9.17, 15) is 4.79 Å². The molecule has 2 aromatic rings. The molecule has 2 heterocycles. The molecule has 1 aliphatic rings. The van der Waals surface area contributed by atoms with Crippen LogP contribution in [0, 0.1) is 0 Å². The van der Waals surface area contributed by atoms with Gasteiger partial charge in [0.15, 0.2) is 0 Å². The highest BCUT2D eigenvalue weighted by atomic mass is 16.5. The number of rotatable bonds is 7. The van der Waals surface area contributed by atoms with Crippen LogP contribution in [0.3, 0.4) is 0 Å². The van der Waals surface area contributed by atoms with Crippen molar-refractivity contribution < 1.29 is 9.53 Å². The fraction of sp³-hybridized carbons (Fsp3) is 0.455. The third-order valence-corrected chi connectivity index (χ3v) is 5.45. The summed E-state index contributed by atoms with van der Waals surface area (Å²) in [4.78, 5) is 23.1. The summed E-state index contributed by atoms with van der Waals surface area (Å²) in [6.07, 6.45) is 3.51. The van der Waals surface area contributed by atoms with E-state index in [1.54, 1.807) is 24.3 Å². The van der Waals surface area contributed by atoms with Crippen molar-refractivity contribution in [1.29, 1.82) is 0 Å². The molecule has 7 nitrogen and oxygen atoms in total. The second-order valence-corrected chi connectivity index (χ2v) is 7.52. The Morgan fingerprint density at radius 1 is 1.21 bits per heavy atom. The van der Waals surface area contributed by atoms with Crippen LogP contribution in [0.4, 0.5) is 10.5 Å². The van der Waals surface area contributed by atoms with E-state index in [-0.39, 0.29) is 12.1 Å². The van der Waals surface area contributed by atoms with E-state index in [2.05, 4.69) is 27.1 Å². The Morgan fingerprint density at radius 2 is 1.93 bits per heavy atom. The van der Waals surface area contributed by atoms with Crippen molar-refractivity contribution in [3.8, 4) is 5.75 Å². The molecule has 156 valence electrons. The standard InChI is InChI=1S/C22H31N5O2/c1-18(19-5-4-10-23-17-19)26(3)22(28)24-20-6-8-21(9-7-20)29-16-15-27-13-11-25(2)12-14-27/h4-10,17-18H,11-16H2,1-3H3,(H,24,28)/t18-/m0/s1. The highest BCUT2D eigenvalue weighted by molar-refractivity contribution is 5.89. The van der Waals surface area contributed by atoms with Crippen LogP contribution in [-0.2, 0) is 0 Å². The monoisotopic (exact) mass is 397 g/mol. The minimum atomic E-state index is -0.162. The summed E-state index contributed by atoms with van der Waals surface area (Å²) < 4.78 is 5.85. The van der Waals surface area contributed by atoms with Crippen LogP contribution in [0.2, 0.25) is 0 Å². The zero-order valence-electron chi connectivity index (χ0n) is 17.5. The number of amides is 2. The van der Waals surface area contributed by atoms with Crippen molar-refractivity contribution in [3.63, 3.8) is 0 Å². The number of piperazine rings is 1. The molecule has 7 heteroatoms. The second kappa shape index (κ2) is 10.2. The van der Waals surface area contributed by atoms with E-state index in [4.69, 9.17) is 4.74 Å². The molecule has 29 heavy (non-hydrogen) atoms. The number of urea groups is 1. The van der Waals surface area contributed by atoms with Gasteiger partial charge in [0, 0.05) is 57.9 Å². The van der Waals surface area contributed by atoms with Crippen molar-refractivity contribution in [1.82, 2.24) is 19.7 Å². The van der Waals surface area contributed by atoms with Crippen LogP contribution in [0.5, 0.6) is 5.75 Å². The molecule has 0 bridgehead atoms. The topological polar surface area (TPSA) is 60.9 Å². The van der Waals surface area contributed by atoms with Crippen LogP contribution in [-0.4, -0.2) is 79.1 Å². The number of nitrogens with one attached hydrogen (secondary N) is 1. The number of hydrogen-bond donors (Lipinski definition) is 1. The molecule has 1 fully saturated rings. The maximum Gasteiger partial charge on any atom is 0.322 e. The van der Waals surface area contributed by atoms with Gasteiger partial charge >= 0.3 is 6.03 Å². The summed E-state index contributed by atoms with van der Waals surface area (Å²) in [6, 6.07) is 11.1. The van der Waals surface area contributed by atoms with Gasteiger partial charge in [0.25, 0.3) is 0 Å². The molecule has 1 aromatic heterocycles. The maximum absolute atomic E-state index is 12.5. The molecule has 0 spiro atoms. The molecular weight excluding hydrogens is 366 g/mol. The van der Waals surface area contributed by atoms with Gasteiger partial charge in [0.2, 0.25) is 0 Å². The van der Waals surface area contributed by atoms with Gasteiger partial charge < -0.3 is 19.9 Å². The van der Waals surface area contributed by atoms with Crippen LogP contribution in [0.15, 0.2) is 48.8 Å².